The Labute approximate surface area is 153 Å². The van der Waals surface area contributed by atoms with Crippen molar-refractivity contribution in [3.8, 4) is 5.75 Å². The number of para-hydroxylation sites is 1. The second-order valence-electron chi connectivity index (χ2n) is 6.12. The second-order valence-corrected chi connectivity index (χ2v) is 7.46. The lowest BCUT2D eigenvalue weighted by Crippen LogP contribution is -2.42. The van der Waals surface area contributed by atoms with E-state index in [4.69, 9.17) is 4.74 Å². The van der Waals surface area contributed by atoms with Gasteiger partial charge in [-0.1, -0.05) is 31.2 Å². The van der Waals surface area contributed by atoms with Crippen LogP contribution >= 0.6 is 11.8 Å². The number of benzene rings is 2. The third-order valence-electron chi connectivity index (χ3n) is 4.36. The van der Waals surface area contributed by atoms with Gasteiger partial charge in [-0.3, -0.25) is 4.79 Å². The van der Waals surface area contributed by atoms with E-state index in [1.807, 2.05) is 42.1 Å². The molecule has 132 valence electrons. The molecule has 0 aliphatic carbocycles. The van der Waals surface area contributed by atoms with Gasteiger partial charge in [-0.2, -0.15) is 0 Å². The standard InChI is InChI=1S/C20H24N2O2S/c1-3-17-13-22(18-6-4-5-7-19(18)25-17)14-20(23)21-12-15-8-10-16(24-2)11-9-15/h4-11,17H,3,12-14H2,1-2H3,(H,21,23)/t17-/m1/s1. The molecule has 0 fully saturated rings. The molecule has 4 nitrogen and oxygen atoms in total. The first kappa shape index (κ1) is 17.7. The molecule has 1 atom stereocenters. The van der Waals surface area contributed by atoms with E-state index in [0.717, 1.165) is 30.0 Å². The number of carbonyl (C=O) groups excluding carboxylic acids is 1. The average Bonchev–Trinajstić information content (AvgIpc) is 2.66. The molecule has 0 saturated heterocycles. The molecule has 1 heterocycles. The molecule has 0 aromatic heterocycles. The van der Waals surface area contributed by atoms with Crippen LogP contribution in [0.25, 0.3) is 0 Å². The highest BCUT2D eigenvalue weighted by atomic mass is 32.2. The van der Waals surface area contributed by atoms with Gasteiger partial charge in [-0.15, -0.1) is 11.8 Å². The van der Waals surface area contributed by atoms with E-state index in [0.29, 0.717) is 18.3 Å². The SMILES string of the molecule is CC[C@@H]1CN(CC(=O)NCc2ccc(OC)cc2)c2ccccc2S1. The molecule has 1 N–H and O–H groups in total. The van der Waals surface area contributed by atoms with Gasteiger partial charge in [-0.05, 0) is 36.2 Å². The van der Waals surface area contributed by atoms with Crippen molar-refractivity contribution < 1.29 is 9.53 Å². The maximum atomic E-state index is 12.4. The minimum absolute atomic E-state index is 0.0485. The largest absolute Gasteiger partial charge is 0.497 e. The summed E-state index contributed by atoms with van der Waals surface area (Å²) in [5, 5.41) is 3.55. The molecule has 0 bridgehead atoms. The van der Waals surface area contributed by atoms with Crippen molar-refractivity contribution in [3.63, 3.8) is 0 Å². The molecule has 0 radical (unpaired) electrons. The maximum absolute atomic E-state index is 12.4. The first-order valence-electron chi connectivity index (χ1n) is 8.60. The summed E-state index contributed by atoms with van der Waals surface area (Å²) in [6.07, 6.45) is 1.10. The minimum Gasteiger partial charge on any atom is -0.497 e. The first-order chi connectivity index (χ1) is 12.2. The van der Waals surface area contributed by atoms with E-state index >= 15 is 0 Å². The van der Waals surface area contributed by atoms with Crippen LogP contribution in [0.15, 0.2) is 53.4 Å². The molecule has 0 saturated carbocycles. The summed E-state index contributed by atoms with van der Waals surface area (Å²) in [6, 6.07) is 16.1. The third-order valence-corrected chi connectivity index (χ3v) is 5.78. The Hall–Kier alpha value is -2.14. The molecule has 2 aromatic rings. The van der Waals surface area contributed by atoms with Gasteiger partial charge in [0.1, 0.15) is 5.75 Å². The summed E-state index contributed by atoms with van der Waals surface area (Å²) in [7, 11) is 1.65. The average molecular weight is 356 g/mol. The number of hydrogen-bond donors (Lipinski definition) is 1. The molecule has 0 spiro atoms. The number of anilines is 1. The van der Waals surface area contributed by atoms with E-state index in [9.17, 15) is 4.79 Å². The quantitative estimate of drug-likeness (QED) is 0.857. The van der Waals surface area contributed by atoms with Crippen molar-refractivity contribution in [2.24, 2.45) is 0 Å². The number of hydrogen-bond acceptors (Lipinski definition) is 4. The van der Waals surface area contributed by atoms with E-state index in [-0.39, 0.29) is 5.91 Å². The zero-order valence-corrected chi connectivity index (χ0v) is 15.5. The smallest absolute Gasteiger partial charge is 0.239 e. The Morgan fingerprint density at radius 3 is 2.72 bits per heavy atom. The van der Waals surface area contributed by atoms with Gasteiger partial charge >= 0.3 is 0 Å². The lowest BCUT2D eigenvalue weighted by Gasteiger charge is -2.34. The molecule has 2 aromatic carbocycles. The predicted molar refractivity (Wildman–Crippen MR) is 103 cm³/mol. The van der Waals surface area contributed by atoms with Gasteiger partial charge in [-0.25, -0.2) is 0 Å². The summed E-state index contributed by atoms with van der Waals surface area (Å²) < 4.78 is 5.15. The fourth-order valence-corrected chi connectivity index (χ4v) is 4.17. The van der Waals surface area contributed by atoms with E-state index < -0.39 is 0 Å². The number of amides is 1. The van der Waals surface area contributed by atoms with Crippen molar-refractivity contribution in [1.29, 1.82) is 0 Å². The van der Waals surface area contributed by atoms with Crippen molar-refractivity contribution in [2.75, 3.05) is 25.1 Å². The van der Waals surface area contributed by atoms with Crippen LogP contribution in [0.2, 0.25) is 0 Å². The van der Waals surface area contributed by atoms with Crippen LogP contribution < -0.4 is 15.0 Å². The lowest BCUT2D eigenvalue weighted by atomic mass is 10.2. The number of nitrogens with zero attached hydrogens (tertiary/aromatic N) is 1. The molecular formula is C20H24N2O2S. The van der Waals surface area contributed by atoms with Gasteiger partial charge in [0.2, 0.25) is 5.91 Å². The van der Waals surface area contributed by atoms with E-state index in [1.165, 1.54) is 4.90 Å². The monoisotopic (exact) mass is 356 g/mol. The molecule has 3 rings (SSSR count). The first-order valence-corrected chi connectivity index (χ1v) is 9.48. The number of methoxy groups -OCH3 is 1. The number of thioether (sulfide) groups is 1. The number of fused-ring (bicyclic) bond motifs is 1. The lowest BCUT2D eigenvalue weighted by molar-refractivity contribution is -0.119. The number of nitrogens with one attached hydrogen (secondary N) is 1. The fraction of sp³-hybridized carbons (Fsp3) is 0.350. The van der Waals surface area contributed by atoms with Crippen LogP contribution in [0.1, 0.15) is 18.9 Å². The van der Waals surface area contributed by atoms with Crippen LogP contribution in [0, 0.1) is 0 Å². The summed E-state index contributed by atoms with van der Waals surface area (Å²) in [6.45, 7) is 4.04. The van der Waals surface area contributed by atoms with Crippen LogP contribution in [-0.2, 0) is 11.3 Å². The predicted octanol–water partition coefficient (Wildman–Crippen LogP) is 3.70. The fourth-order valence-electron chi connectivity index (χ4n) is 2.91. The Bertz CT molecular complexity index is 718. The molecule has 25 heavy (non-hydrogen) atoms. The highest BCUT2D eigenvalue weighted by molar-refractivity contribution is 8.00. The Kier molecular flexibility index (Phi) is 5.87. The van der Waals surface area contributed by atoms with Crippen LogP contribution in [0.5, 0.6) is 5.75 Å². The van der Waals surface area contributed by atoms with Crippen molar-refractivity contribution in [1.82, 2.24) is 5.32 Å². The van der Waals surface area contributed by atoms with Crippen molar-refractivity contribution >= 4 is 23.4 Å². The Morgan fingerprint density at radius 2 is 2.00 bits per heavy atom. The summed E-state index contributed by atoms with van der Waals surface area (Å²) in [5.41, 5.74) is 2.23. The van der Waals surface area contributed by atoms with Crippen molar-refractivity contribution in [2.45, 2.75) is 30.0 Å². The van der Waals surface area contributed by atoms with E-state index in [1.54, 1.807) is 7.11 Å². The van der Waals surface area contributed by atoms with Gasteiger partial charge in [0.05, 0.1) is 19.3 Å². The van der Waals surface area contributed by atoms with Gasteiger partial charge in [0, 0.05) is 23.2 Å². The molecule has 0 unspecified atom stereocenters. The van der Waals surface area contributed by atoms with Gasteiger partial charge in [0.15, 0.2) is 0 Å². The zero-order chi connectivity index (χ0) is 17.6. The topological polar surface area (TPSA) is 41.6 Å². The molecule has 5 heteroatoms. The Morgan fingerprint density at radius 1 is 1.24 bits per heavy atom. The van der Waals surface area contributed by atoms with Gasteiger partial charge < -0.3 is 15.0 Å². The normalized spacial score (nSPS) is 16.2. The molecule has 1 aliphatic heterocycles. The van der Waals surface area contributed by atoms with E-state index in [2.05, 4.69) is 35.3 Å². The molecule has 1 aliphatic rings. The number of rotatable bonds is 6. The number of carbonyl (C=O) groups is 1. The summed E-state index contributed by atoms with van der Waals surface area (Å²) >= 11 is 1.92. The minimum atomic E-state index is 0.0485. The van der Waals surface area contributed by atoms with Crippen LogP contribution in [0.4, 0.5) is 5.69 Å². The van der Waals surface area contributed by atoms with Gasteiger partial charge in [0.25, 0.3) is 0 Å². The molecule has 1 amide bonds. The highest BCUT2D eigenvalue weighted by Gasteiger charge is 2.25. The molecular weight excluding hydrogens is 332 g/mol. The highest BCUT2D eigenvalue weighted by Crippen LogP contribution is 2.39. The zero-order valence-electron chi connectivity index (χ0n) is 14.7. The summed E-state index contributed by atoms with van der Waals surface area (Å²) in [5.74, 6) is 0.871. The number of ether oxygens (including phenoxy) is 1. The summed E-state index contributed by atoms with van der Waals surface area (Å²) in [4.78, 5) is 15.9. The maximum Gasteiger partial charge on any atom is 0.239 e. The van der Waals surface area contributed by atoms with Crippen molar-refractivity contribution in [3.05, 3.63) is 54.1 Å². The third kappa shape index (κ3) is 4.48. The second kappa shape index (κ2) is 8.30. The Balaban J connectivity index is 1.60. The van der Waals surface area contributed by atoms with Crippen LogP contribution in [0.3, 0.4) is 0 Å². The van der Waals surface area contributed by atoms with Crippen LogP contribution in [-0.4, -0.2) is 31.4 Å².